The fourth-order valence-electron chi connectivity index (χ4n) is 5.16. The van der Waals surface area contributed by atoms with Gasteiger partial charge in [-0.3, -0.25) is 0 Å². The van der Waals surface area contributed by atoms with Gasteiger partial charge in [-0.05, 0) is 55.8 Å². The maximum absolute atomic E-state index is 5.92. The zero-order chi connectivity index (χ0) is 13.0. The second-order valence-corrected chi connectivity index (χ2v) is 6.64. The van der Waals surface area contributed by atoms with Crippen LogP contribution in [0.4, 0.5) is 0 Å². The number of ether oxygens (including phenoxy) is 1. The van der Waals surface area contributed by atoms with E-state index in [4.69, 9.17) is 14.9 Å². The van der Waals surface area contributed by atoms with Crippen LogP contribution in [0.15, 0.2) is 4.42 Å². The minimum atomic E-state index is 0.351. The summed E-state index contributed by atoms with van der Waals surface area (Å²) in [5.41, 5.74) is 5.65. The second-order valence-electron chi connectivity index (χ2n) is 6.64. The van der Waals surface area contributed by atoms with E-state index in [0.717, 1.165) is 29.4 Å². The van der Waals surface area contributed by atoms with Gasteiger partial charge in [0.15, 0.2) is 5.76 Å². The van der Waals surface area contributed by atoms with Crippen LogP contribution in [0.3, 0.4) is 0 Å². The molecule has 0 amide bonds. The number of nitrogens with zero attached hydrogens (tertiary/aromatic N) is 1. The lowest BCUT2D eigenvalue weighted by Gasteiger charge is -2.53. The molecule has 0 spiro atoms. The number of methoxy groups -OCH3 is 1. The average Bonchev–Trinajstić information content (AvgIpc) is 2.81. The van der Waals surface area contributed by atoms with Gasteiger partial charge >= 0.3 is 0 Å². The number of oxazole rings is 1. The molecule has 0 aromatic carbocycles. The molecule has 4 heteroatoms. The third kappa shape index (κ3) is 1.72. The molecule has 104 valence electrons. The Bertz CT molecular complexity index is 454. The Morgan fingerprint density at radius 1 is 1.16 bits per heavy atom. The van der Waals surface area contributed by atoms with Crippen LogP contribution in [0.25, 0.3) is 0 Å². The van der Waals surface area contributed by atoms with Crippen LogP contribution in [0, 0.1) is 23.7 Å². The highest BCUT2D eigenvalue weighted by Crippen LogP contribution is 2.60. The molecule has 5 rings (SSSR count). The molecule has 4 aliphatic carbocycles. The van der Waals surface area contributed by atoms with Gasteiger partial charge in [-0.2, -0.15) is 4.98 Å². The van der Waals surface area contributed by atoms with E-state index >= 15 is 0 Å². The largest absolute Gasteiger partial charge is 0.479 e. The lowest BCUT2D eigenvalue weighted by molar-refractivity contribution is -0.0108. The van der Waals surface area contributed by atoms with Crippen molar-refractivity contribution in [1.29, 1.82) is 0 Å². The summed E-state index contributed by atoms with van der Waals surface area (Å²) in [5, 5.41) is 0. The maximum Gasteiger partial charge on any atom is 0.256 e. The molecule has 1 aromatic heterocycles. The van der Waals surface area contributed by atoms with Crippen LogP contribution in [-0.4, -0.2) is 12.1 Å². The van der Waals surface area contributed by atoms with E-state index < -0.39 is 0 Å². The van der Waals surface area contributed by atoms with Crippen LogP contribution in [0.1, 0.15) is 49.7 Å². The van der Waals surface area contributed by atoms with Crippen molar-refractivity contribution < 1.29 is 9.15 Å². The molecule has 4 nitrogen and oxygen atoms in total. The summed E-state index contributed by atoms with van der Waals surface area (Å²) in [5.74, 6) is 6.31. The third-order valence-corrected chi connectivity index (χ3v) is 5.56. The van der Waals surface area contributed by atoms with Gasteiger partial charge in [-0.15, -0.1) is 0 Å². The summed E-state index contributed by atoms with van der Waals surface area (Å²) in [6, 6.07) is 0. The number of rotatable bonds is 3. The minimum Gasteiger partial charge on any atom is -0.479 e. The number of hydrogen-bond donors (Lipinski definition) is 1. The molecule has 1 heterocycles. The summed E-state index contributed by atoms with van der Waals surface area (Å²) in [6.45, 7) is 0.351. The van der Waals surface area contributed by atoms with Crippen LogP contribution in [-0.2, 0) is 6.54 Å². The number of nitrogens with two attached hydrogens (primary N) is 1. The van der Waals surface area contributed by atoms with Gasteiger partial charge in [0.25, 0.3) is 5.88 Å². The summed E-state index contributed by atoms with van der Waals surface area (Å²) in [7, 11) is 1.68. The smallest absolute Gasteiger partial charge is 0.256 e. The molecule has 4 aliphatic rings. The zero-order valence-electron chi connectivity index (χ0n) is 11.5. The fourth-order valence-corrected chi connectivity index (χ4v) is 5.16. The van der Waals surface area contributed by atoms with Crippen LogP contribution in [0.5, 0.6) is 5.88 Å². The summed E-state index contributed by atoms with van der Waals surface area (Å²) in [4.78, 5) is 4.37. The number of hydrogen-bond acceptors (Lipinski definition) is 4. The van der Waals surface area contributed by atoms with E-state index in [1.165, 1.54) is 32.1 Å². The van der Waals surface area contributed by atoms with Crippen LogP contribution < -0.4 is 10.5 Å². The second kappa shape index (κ2) is 4.23. The van der Waals surface area contributed by atoms with E-state index in [1.54, 1.807) is 7.11 Å². The van der Waals surface area contributed by atoms with Crippen molar-refractivity contribution in [2.45, 2.75) is 44.6 Å². The molecule has 4 fully saturated rings. The fraction of sp³-hybridized carbons (Fsp3) is 0.800. The Labute approximate surface area is 113 Å². The predicted octanol–water partition coefficient (Wildman–Crippen LogP) is 2.68. The first-order chi connectivity index (χ1) is 9.28. The van der Waals surface area contributed by atoms with Gasteiger partial charge in [0.1, 0.15) is 0 Å². The first kappa shape index (κ1) is 11.8. The van der Waals surface area contributed by atoms with Gasteiger partial charge < -0.3 is 14.9 Å². The molecule has 0 atom stereocenters. The SMILES string of the molecule is COc1nc(CN)oc1C1C2CC3CC(C2)CC1C3. The lowest BCUT2D eigenvalue weighted by Crippen LogP contribution is -2.43. The topological polar surface area (TPSA) is 61.3 Å². The summed E-state index contributed by atoms with van der Waals surface area (Å²) >= 11 is 0. The van der Waals surface area contributed by atoms with Gasteiger partial charge in [0.2, 0.25) is 5.89 Å². The lowest BCUT2D eigenvalue weighted by atomic mass is 9.51. The van der Waals surface area contributed by atoms with Crippen molar-refractivity contribution in [1.82, 2.24) is 4.98 Å². The van der Waals surface area contributed by atoms with Crippen molar-refractivity contribution in [3.05, 3.63) is 11.7 Å². The molecule has 4 bridgehead atoms. The Kier molecular flexibility index (Phi) is 2.62. The molecule has 19 heavy (non-hydrogen) atoms. The van der Waals surface area contributed by atoms with Crippen LogP contribution >= 0.6 is 0 Å². The molecule has 0 radical (unpaired) electrons. The van der Waals surface area contributed by atoms with E-state index in [9.17, 15) is 0 Å². The summed E-state index contributed by atoms with van der Waals surface area (Å²) in [6.07, 6.45) is 6.97. The molecular formula is C15H22N2O2. The number of aromatic nitrogens is 1. The zero-order valence-corrected chi connectivity index (χ0v) is 11.5. The highest BCUT2D eigenvalue weighted by molar-refractivity contribution is 5.25. The molecule has 0 aliphatic heterocycles. The van der Waals surface area contributed by atoms with Gasteiger partial charge in [0, 0.05) is 5.92 Å². The van der Waals surface area contributed by atoms with E-state index in [1.807, 2.05) is 0 Å². The van der Waals surface area contributed by atoms with Crippen molar-refractivity contribution >= 4 is 0 Å². The normalized spacial score (nSPS) is 39.8. The highest BCUT2D eigenvalue weighted by atomic mass is 16.5. The molecular weight excluding hydrogens is 240 g/mol. The monoisotopic (exact) mass is 262 g/mol. The Morgan fingerprint density at radius 2 is 1.79 bits per heavy atom. The molecule has 1 aromatic rings. The Balaban J connectivity index is 1.70. The van der Waals surface area contributed by atoms with Gasteiger partial charge in [0.05, 0.1) is 13.7 Å². The van der Waals surface area contributed by atoms with Crippen molar-refractivity contribution in [3.8, 4) is 5.88 Å². The van der Waals surface area contributed by atoms with E-state index in [-0.39, 0.29) is 0 Å². The predicted molar refractivity (Wildman–Crippen MR) is 70.7 cm³/mol. The Morgan fingerprint density at radius 3 is 2.32 bits per heavy atom. The van der Waals surface area contributed by atoms with E-state index in [2.05, 4.69) is 4.98 Å². The average molecular weight is 262 g/mol. The van der Waals surface area contributed by atoms with Crippen molar-refractivity contribution in [3.63, 3.8) is 0 Å². The molecule has 2 N–H and O–H groups in total. The molecule has 0 unspecified atom stereocenters. The van der Waals surface area contributed by atoms with Crippen molar-refractivity contribution in [2.24, 2.45) is 29.4 Å². The van der Waals surface area contributed by atoms with Gasteiger partial charge in [-0.25, -0.2) is 0 Å². The standard InChI is InChI=1S/C15H22N2O2/c1-18-15-14(19-12(7-16)17-15)13-10-3-8-2-9(5-10)6-11(13)4-8/h8-11,13H,2-7,16H2,1H3. The quantitative estimate of drug-likeness (QED) is 0.909. The van der Waals surface area contributed by atoms with Crippen molar-refractivity contribution in [2.75, 3.05) is 7.11 Å². The third-order valence-electron chi connectivity index (χ3n) is 5.56. The van der Waals surface area contributed by atoms with E-state index in [0.29, 0.717) is 24.2 Å². The van der Waals surface area contributed by atoms with Crippen LogP contribution in [0.2, 0.25) is 0 Å². The van der Waals surface area contributed by atoms with Gasteiger partial charge in [-0.1, -0.05) is 0 Å². The minimum absolute atomic E-state index is 0.351. The first-order valence-electron chi connectivity index (χ1n) is 7.52. The Hall–Kier alpha value is -1.03. The maximum atomic E-state index is 5.92. The first-order valence-corrected chi connectivity index (χ1v) is 7.52. The molecule has 0 saturated heterocycles. The highest BCUT2D eigenvalue weighted by Gasteiger charge is 2.50. The summed E-state index contributed by atoms with van der Waals surface area (Å²) < 4.78 is 11.3. The molecule has 4 saturated carbocycles.